The van der Waals surface area contributed by atoms with Gasteiger partial charge < -0.3 is 15.5 Å². The highest BCUT2D eigenvalue weighted by Gasteiger charge is 2.30. The first kappa shape index (κ1) is 30.6. The van der Waals surface area contributed by atoms with E-state index in [1.807, 2.05) is 44.2 Å². The average Bonchev–Trinajstić information content (AvgIpc) is 3.38. The van der Waals surface area contributed by atoms with Gasteiger partial charge in [-0.25, -0.2) is 14.6 Å². The van der Waals surface area contributed by atoms with Crippen LogP contribution in [0.2, 0.25) is 0 Å². The molecule has 0 unspecified atom stereocenters. The summed E-state index contributed by atoms with van der Waals surface area (Å²) in [5.74, 6) is 0.245. The molecule has 1 aliphatic rings. The lowest BCUT2D eigenvalue weighted by Gasteiger charge is -2.28. The van der Waals surface area contributed by atoms with Gasteiger partial charge in [0, 0.05) is 25.9 Å². The third kappa shape index (κ3) is 7.19. The van der Waals surface area contributed by atoms with Crippen molar-refractivity contribution in [2.45, 2.75) is 65.2 Å². The molecule has 12 heteroatoms. The number of carbonyl (C=O) groups is 3. The number of nitrogens with one attached hydrogen (secondary N) is 2. The van der Waals surface area contributed by atoms with Crippen LogP contribution in [0.3, 0.4) is 0 Å². The fraction of sp³-hybridized carbons (Fsp3) is 0.406. The first-order valence-corrected chi connectivity index (χ1v) is 15.0. The molecule has 2 atom stereocenters. The number of aryl methyl sites for hydroxylation is 1. The van der Waals surface area contributed by atoms with Gasteiger partial charge in [0.2, 0.25) is 17.7 Å². The lowest BCUT2D eigenvalue weighted by Crippen LogP contribution is -2.50. The second kappa shape index (κ2) is 13.6. The van der Waals surface area contributed by atoms with Crippen molar-refractivity contribution in [1.82, 2.24) is 39.8 Å². The van der Waals surface area contributed by atoms with Crippen LogP contribution in [0.1, 0.15) is 49.9 Å². The normalized spacial score (nSPS) is 18.4. The van der Waals surface area contributed by atoms with Gasteiger partial charge in [-0.05, 0) is 37.0 Å². The molecular weight excluding hydrogens is 560 g/mol. The van der Waals surface area contributed by atoms with Crippen LogP contribution in [-0.2, 0) is 33.9 Å². The molecular formula is C32H38N8O4. The van der Waals surface area contributed by atoms with E-state index in [-0.39, 0.29) is 55.3 Å². The summed E-state index contributed by atoms with van der Waals surface area (Å²) in [7, 11) is 0. The quantitative estimate of drug-likeness (QED) is 0.358. The van der Waals surface area contributed by atoms with E-state index in [1.54, 1.807) is 40.8 Å². The molecule has 0 aliphatic carbocycles. The predicted molar refractivity (Wildman–Crippen MR) is 164 cm³/mol. The molecule has 2 aromatic carbocycles. The maximum atomic E-state index is 13.6. The summed E-state index contributed by atoms with van der Waals surface area (Å²) in [5, 5.41) is 11.1. The van der Waals surface area contributed by atoms with E-state index in [9.17, 15) is 19.2 Å². The van der Waals surface area contributed by atoms with Gasteiger partial charge >= 0.3 is 0 Å². The second-order valence-electron chi connectivity index (χ2n) is 11.5. The third-order valence-corrected chi connectivity index (χ3v) is 7.79. The Kier molecular flexibility index (Phi) is 9.47. The van der Waals surface area contributed by atoms with Crippen molar-refractivity contribution < 1.29 is 14.4 Å². The Morgan fingerprint density at radius 2 is 1.73 bits per heavy atom. The number of aromatic nitrogens is 5. The Morgan fingerprint density at radius 1 is 0.977 bits per heavy atom. The molecule has 44 heavy (non-hydrogen) atoms. The Labute approximate surface area is 255 Å². The molecule has 0 fully saturated rings. The lowest BCUT2D eigenvalue weighted by atomic mass is 10.0. The molecule has 0 radical (unpaired) electrons. The number of rotatable bonds is 5. The number of nitrogens with zero attached hydrogens (tertiary/aromatic N) is 6. The minimum atomic E-state index is -0.795. The highest BCUT2D eigenvalue weighted by molar-refractivity contribution is 5.88. The number of amides is 3. The minimum Gasteiger partial charge on any atom is -0.344 e. The fourth-order valence-electron chi connectivity index (χ4n) is 5.45. The molecule has 5 rings (SSSR count). The maximum absolute atomic E-state index is 13.6. The summed E-state index contributed by atoms with van der Waals surface area (Å²) in [4.78, 5) is 64.0. The van der Waals surface area contributed by atoms with Crippen molar-refractivity contribution in [2.24, 2.45) is 5.92 Å². The van der Waals surface area contributed by atoms with E-state index in [1.165, 1.54) is 10.9 Å². The Bertz CT molecular complexity index is 1700. The van der Waals surface area contributed by atoms with Crippen LogP contribution in [-0.4, -0.2) is 66.1 Å². The summed E-state index contributed by atoms with van der Waals surface area (Å²) in [6.07, 6.45) is 2.22. The van der Waals surface area contributed by atoms with Crippen LogP contribution in [0.15, 0.2) is 65.7 Å². The first-order valence-electron chi connectivity index (χ1n) is 15.0. The number of carbonyl (C=O) groups excluding carboxylic acids is 3. The van der Waals surface area contributed by atoms with Crippen molar-refractivity contribution >= 4 is 28.6 Å². The highest BCUT2D eigenvalue weighted by atomic mass is 16.2. The predicted octanol–water partition coefficient (Wildman–Crippen LogP) is 2.16. The number of benzene rings is 2. The van der Waals surface area contributed by atoms with Gasteiger partial charge in [-0.1, -0.05) is 56.3 Å². The smallest absolute Gasteiger partial charge is 0.261 e. The second-order valence-corrected chi connectivity index (χ2v) is 11.5. The maximum Gasteiger partial charge on any atom is 0.261 e. The van der Waals surface area contributed by atoms with Crippen LogP contribution in [0.5, 0.6) is 0 Å². The van der Waals surface area contributed by atoms with Crippen LogP contribution in [0.25, 0.3) is 10.9 Å². The molecule has 2 aromatic heterocycles. The summed E-state index contributed by atoms with van der Waals surface area (Å²) < 4.78 is 3.05. The van der Waals surface area contributed by atoms with E-state index in [4.69, 9.17) is 0 Å². The van der Waals surface area contributed by atoms with Gasteiger partial charge in [-0.2, -0.15) is 5.10 Å². The zero-order chi connectivity index (χ0) is 31.2. The van der Waals surface area contributed by atoms with Crippen LogP contribution in [0.4, 0.5) is 0 Å². The average molecular weight is 599 g/mol. The van der Waals surface area contributed by atoms with E-state index in [0.29, 0.717) is 41.9 Å². The van der Waals surface area contributed by atoms with Gasteiger partial charge in [0.25, 0.3) is 5.56 Å². The van der Waals surface area contributed by atoms with Crippen molar-refractivity contribution in [1.29, 1.82) is 0 Å². The number of hydrogen-bond donors (Lipinski definition) is 2. The first-order chi connectivity index (χ1) is 21.2. The Morgan fingerprint density at radius 3 is 2.50 bits per heavy atom. The van der Waals surface area contributed by atoms with E-state index < -0.39 is 12.1 Å². The zero-order valence-corrected chi connectivity index (χ0v) is 25.3. The number of hydrogen-bond acceptors (Lipinski definition) is 7. The van der Waals surface area contributed by atoms with Gasteiger partial charge in [0.1, 0.15) is 24.2 Å². The van der Waals surface area contributed by atoms with Gasteiger partial charge in [0.15, 0.2) is 0 Å². The number of fused-ring (bicyclic) bond motifs is 2. The van der Waals surface area contributed by atoms with Crippen molar-refractivity contribution in [2.75, 3.05) is 13.1 Å². The molecule has 3 heterocycles. The van der Waals surface area contributed by atoms with Crippen molar-refractivity contribution in [3.8, 4) is 0 Å². The molecule has 12 nitrogen and oxygen atoms in total. The summed E-state index contributed by atoms with van der Waals surface area (Å²) in [6, 6.07) is 15.3. The lowest BCUT2D eigenvalue weighted by molar-refractivity contribution is -0.133. The monoisotopic (exact) mass is 598 g/mol. The molecule has 0 saturated carbocycles. The zero-order valence-electron chi connectivity index (χ0n) is 25.3. The van der Waals surface area contributed by atoms with Crippen LogP contribution in [0, 0.1) is 12.8 Å². The van der Waals surface area contributed by atoms with Crippen molar-refractivity contribution in [3.63, 3.8) is 0 Å². The highest BCUT2D eigenvalue weighted by Crippen LogP contribution is 2.21. The summed E-state index contributed by atoms with van der Waals surface area (Å²) in [6.45, 7) is 6.46. The standard InChI is InChI=1S/C32H38N8O4/c1-21(2)29-30-34-22(3)37-40(30)17-16-38(28(42)19-39-20-33-25-13-8-7-12-24(25)32(39)44)15-9-14-27(41)35-26(31(43)36-29)18-23-10-5-4-6-11-23/h4-8,10-13,20-21,26,29H,9,14-19H2,1-3H3,(H,35,41)(H,36,43)/t26-,29+/m0/s1. The topological polar surface area (TPSA) is 144 Å². The summed E-state index contributed by atoms with van der Waals surface area (Å²) >= 11 is 0. The fourth-order valence-corrected chi connectivity index (χ4v) is 5.45. The van der Waals surface area contributed by atoms with Gasteiger partial charge in [-0.3, -0.25) is 23.7 Å². The molecule has 4 aromatic rings. The molecule has 0 spiro atoms. The summed E-state index contributed by atoms with van der Waals surface area (Å²) in [5.41, 5.74) is 1.20. The van der Waals surface area contributed by atoms with Crippen LogP contribution < -0.4 is 16.2 Å². The molecule has 1 aliphatic heterocycles. The molecule has 0 bridgehead atoms. The van der Waals surface area contributed by atoms with Crippen LogP contribution >= 0.6 is 0 Å². The molecule has 230 valence electrons. The SMILES string of the molecule is Cc1nc2n(n1)CCN(C(=O)Cn1cnc3ccccc3c1=O)CCCC(=O)N[C@@H](Cc1ccccc1)C(=O)N[C@@H]2C(C)C. The molecule has 0 saturated heterocycles. The minimum absolute atomic E-state index is 0.0349. The third-order valence-electron chi connectivity index (χ3n) is 7.79. The van der Waals surface area contributed by atoms with E-state index in [2.05, 4.69) is 25.7 Å². The van der Waals surface area contributed by atoms with Crippen molar-refractivity contribution in [3.05, 3.63) is 88.5 Å². The van der Waals surface area contributed by atoms with E-state index in [0.717, 1.165) is 5.56 Å². The van der Waals surface area contributed by atoms with E-state index >= 15 is 0 Å². The van der Waals surface area contributed by atoms with Gasteiger partial charge in [0.05, 0.1) is 29.8 Å². The largest absolute Gasteiger partial charge is 0.344 e. The number of para-hydroxylation sites is 1. The Balaban J connectivity index is 1.42. The van der Waals surface area contributed by atoms with Gasteiger partial charge in [-0.15, -0.1) is 0 Å². The molecule has 2 N–H and O–H groups in total. The molecule has 3 amide bonds. The Hall–Kier alpha value is -4.87.